The fraction of sp³-hybridized carbons (Fsp3) is 0.333. The van der Waals surface area contributed by atoms with Gasteiger partial charge in [0.05, 0.1) is 11.6 Å². The number of nitrogens with zero attached hydrogens (tertiary/aromatic N) is 3. The Bertz CT molecular complexity index is 776. The van der Waals surface area contributed by atoms with Crippen LogP contribution in [-0.2, 0) is 6.54 Å². The molecule has 0 unspecified atom stereocenters. The molecule has 0 spiro atoms. The number of benzene rings is 2. The molecule has 4 nitrogen and oxygen atoms in total. The highest BCUT2D eigenvalue weighted by molar-refractivity contribution is 5.94. The first-order valence-electron chi connectivity index (χ1n) is 8.73. The van der Waals surface area contributed by atoms with Gasteiger partial charge in [0.25, 0.3) is 5.91 Å². The zero-order chi connectivity index (χ0) is 17.6. The van der Waals surface area contributed by atoms with Crippen molar-refractivity contribution in [2.45, 2.75) is 19.9 Å². The summed E-state index contributed by atoms with van der Waals surface area (Å²) in [6.07, 6.45) is 0.980. The lowest BCUT2D eigenvalue weighted by Gasteiger charge is -2.22. The van der Waals surface area contributed by atoms with Crippen LogP contribution in [0, 0.1) is 18.3 Å². The molecule has 1 saturated heterocycles. The Morgan fingerprint density at radius 3 is 2.60 bits per heavy atom. The molecule has 128 valence electrons. The maximum absolute atomic E-state index is 12.7. The van der Waals surface area contributed by atoms with Crippen LogP contribution in [0.5, 0.6) is 0 Å². The van der Waals surface area contributed by atoms with Crippen molar-refractivity contribution < 1.29 is 4.79 Å². The molecule has 0 bridgehead atoms. The largest absolute Gasteiger partial charge is 0.337 e. The smallest absolute Gasteiger partial charge is 0.253 e. The summed E-state index contributed by atoms with van der Waals surface area (Å²) in [6, 6.07) is 17.7. The predicted octanol–water partition coefficient (Wildman–Crippen LogP) is 3.21. The zero-order valence-corrected chi connectivity index (χ0v) is 14.6. The molecule has 0 saturated carbocycles. The minimum Gasteiger partial charge on any atom is -0.337 e. The second-order valence-corrected chi connectivity index (χ2v) is 6.60. The molecule has 0 aliphatic carbocycles. The molecule has 1 amide bonds. The number of nitriles is 1. The Labute approximate surface area is 149 Å². The van der Waals surface area contributed by atoms with Crippen molar-refractivity contribution in [3.8, 4) is 6.07 Å². The standard InChI is InChI=1S/C21H23N3O/c1-17-4-2-5-20(14-17)21(25)24-11-3-10-23(12-13-24)16-19-8-6-18(15-22)7-9-19/h2,4-9,14H,3,10-13,16H2,1H3. The Hall–Kier alpha value is -2.64. The maximum Gasteiger partial charge on any atom is 0.253 e. The van der Waals surface area contributed by atoms with E-state index in [4.69, 9.17) is 5.26 Å². The van der Waals surface area contributed by atoms with Gasteiger partial charge in [-0.1, -0.05) is 29.8 Å². The summed E-state index contributed by atoms with van der Waals surface area (Å²) in [7, 11) is 0. The van der Waals surface area contributed by atoms with Crippen molar-refractivity contribution in [3.05, 3.63) is 70.8 Å². The summed E-state index contributed by atoms with van der Waals surface area (Å²) in [4.78, 5) is 17.1. The average Bonchev–Trinajstić information content (AvgIpc) is 2.87. The van der Waals surface area contributed by atoms with E-state index in [1.165, 1.54) is 5.56 Å². The van der Waals surface area contributed by atoms with Gasteiger partial charge in [0.1, 0.15) is 0 Å². The van der Waals surface area contributed by atoms with Gasteiger partial charge in [0.15, 0.2) is 0 Å². The number of carbonyl (C=O) groups excluding carboxylic acids is 1. The van der Waals surface area contributed by atoms with E-state index in [9.17, 15) is 4.79 Å². The molecule has 0 N–H and O–H groups in total. The first-order chi connectivity index (χ1) is 12.2. The molecule has 0 aromatic heterocycles. The molecule has 3 rings (SSSR count). The van der Waals surface area contributed by atoms with Gasteiger partial charge in [-0.15, -0.1) is 0 Å². The Morgan fingerprint density at radius 1 is 1.08 bits per heavy atom. The second-order valence-electron chi connectivity index (χ2n) is 6.60. The van der Waals surface area contributed by atoms with E-state index in [2.05, 4.69) is 11.0 Å². The fourth-order valence-corrected chi connectivity index (χ4v) is 3.24. The summed E-state index contributed by atoms with van der Waals surface area (Å²) in [5.41, 5.74) is 3.79. The van der Waals surface area contributed by atoms with E-state index >= 15 is 0 Å². The Kier molecular flexibility index (Phi) is 5.47. The highest BCUT2D eigenvalue weighted by atomic mass is 16.2. The third-order valence-corrected chi connectivity index (χ3v) is 4.63. The quantitative estimate of drug-likeness (QED) is 0.866. The lowest BCUT2D eigenvalue weighted by Crippen LogP contribution is -2.35. The third-order valence-electron chi connectivity index (χ3n) is 4.63. The van der Waals surface area contributed by atoms with Crippen LogP contribution in [0.2, 0.25) is 0 Å². The lowest BCUT2D eigenvalue weighted by molar-refractivity contribution is 0.0761. The van der Waals surface area contributed by atoms with Gasteiger partial charge in [-0.3, -0.25) is 9.69 Å². The molecule has 0 radical (unpaired) electrons. The number of carbonyl (C=O) groups is 1. The van der Waals surface area contributed by atoms with Crippen molar-refractivity contribution in [1.29, 1.82) is 5.26 Å². The van der Waals surface area contributed by atoms with E-state index in [0.29, 0.717) is 5.56 Å². The van der Waals surface area contributed by atoms with Gasteiger partial charge in [-0.2, -0.15) is 5.26 Å². The summed E-state index contributed by atoms with van der Waals surface area (Å²) < 4.78 is 0. The van der Waals surface area contributed by atoms with Crippen LogP contribution >= 0.6 is 0 Å². The molecule has 1 heterocycles. The zero-order valence-electron chi connectivity index (χ0n) is 14.6. The van der Waals surface area contributed by atoms with Crippen LogP contribution < -0.4 is 0 Å². The molecule has 1 aliphatic heterocycles. The van der Waals surface area contributed by atoms with Crippen LogP contribution in [0.3, 0.4) is 0 Å². The van der Waals surface area contributed by atoms with Crippen molar-refractivity contribution in [2.24, 2.45) is 0 Å². The monoisotopic (exact) mass is 333 g/mol. The minimum atomic E-state index is 0.129. The predicted molar refractivity (Wildman–Crippen MR) is 98.1 cm³/mol. The van der Waals surface area contributed by atoms with E-state index in [-0.39, 0.29) is 5.91 Å². The highest BCUT2D eigenvalue weighted by Gasteiger charge is 2.20. The van der Waals surface area contributed by atoms with Gasteiger partial charge in [0.2, 0.25) is 0 Å². The molecular formula is C21H23N3O. The van der Waals surface area contributed by atoms with Gasteiger partial charge in [-0.05, 0) is 43.2 Å². The molecule has 4 heteroatoms. The van der Waals surface area contributed by atoms with Crippen LogP contribution in [0.15, 0.2) is 48.5 Å². The Balaban J connectivity index is 1.60. The molecule has 1 aliphatic rings. The van der Waals surface area contributed by atoms with Crippen LogP contribution in [0.4, 0.5) is 0 Å². The topological polar surface area (TPSA) is 47.3 Å². The highest BCUT2D eigenvalue weighted by Crippen LogP contribution is 2.13. The number of hydrogen-bond acceptors (Lipinski definition) is 3. The number of aryl methyl sites for hydroxylation is 1. The molecule has 0 atom stereocenters. The average molecular weight is 333 g/mol. The van der Waals surface area contributed by atoms with Crippen molar-refractivity contribution >= 4 is 5.91 Å². The number of amides is 1. The molecule has 25 heavy (non-hydrogen) atoms. The molecule has 2 aromatic rings. The second kappa shape index (κ2) is 7.96. The van der Waals surface area contributed by atoms with Crippen LogP contribution in [0.1, 0.15) is 33.5 Å². The van der Waals surface area contributed by atoms with Crippen LogP contribution in [-0.4, -0.2) is 41.9 Å². The summed E-state index contributed by atoms with van der Waals surface area (Å²) >= 11 is 0. The van der Waals surface area contributed by atoms with Gasteiger partial charge >= 0.3 is 0 Å². The first-order valence-corrected chi connectivity index (χ1v) is 8.73. The van der Waals surface area contributed by atoms with Crippen LogP contribution in [0.25, 0.3) is 0 Å². The molecule has 1 fully saturated rings. The number of rotatable bonds is 3. The first kappa shape index (κ1) is 17.2. The van der Waals surface area contributed by atoms with Gasteiger partial charge in [-0.25, -0.2) is 0 Å². The molecule has 2 aromatic carbocycles. The SMILES string of the molecule is Cc1cccc(C(=O)N2CCCN(Cc3ccc(C#N)cc3)CC2)c1. The van der Waals surface area contributed by atoms with E-state index in [0.717, 1.165) is 50.3 Å². The molecular weight excluding hydrogens is 310 g/mol. The third kappa shape index (κ3) is 4.46. The van der Waals surface area contributed by atoms with Crippen molar-refractivity contribution in [2.75, 3.05) is 26.2 Å². The van der Waals surface area contributed by atoms with E-state index in [1.54, 1.807) is 0 Å². The number of hydrogen-bond donors (Lipinski definition) is 0. The van der Waals surface area contributed by atoms with Gasteiger partial charge in [0, 0.05) is 38.3 Å². The van der Waals surface area contributed by atoms with Crippen molar-refractivity contribution in [1.82, 2.24) is 9.80 Å². The summed E-state index contributed by atoms with van der Waals surface area (Å²) in [5, 5.41) is 8.88. The van der Waals surface area contributed by atoms with E-state index in [1.807, 2.05) is 60.4 Å². The fourth-order valence-electron chi connectivity index (χ4n) is 3.24. The summed E-state index contributed by atoms with van der Waals surface area (Å²) in [6.45, 7) is 6.28. The Morgan fingerprint density at radius 2 is 1.88 bits per heavy atom. The normalized spacial score (nSPS) is 15.4. The minimum absolute atomic E-state index is 0.129. The lowest BCUT2D eigenvalue weighted by atomic mass is 10.1. The summed E-state index contributed by atoms with van der Waals surface area (Å²) in [5.74, 6) is 0.129. The van der Waals surface area contributed by atoms with E-state index < -0.39 is 0 Å². The van der Waals surface area contributed by atoms with Gasteiger partial charge < -0.3 is 4.90 Å². The maximum atomic E-state index is 12.7. The van der Waals surface area contributed by atoms with Crippen molar-refractivity contribution in [3.63, 3.8) is 0 Å².